The van der Waals surface area contributed by atoms with Crippen LogP contribution in [0.2, 0.25) is 0 Å². The van der Waals surface area contributed by atoms with Crippen LogP contribution in [0.3, 0.4) is 0 Å². The van der Waals surface area contributed by atoms with Gasteiger partial charge in [0, 0.05) is 46.0 Å². The topological polar surface area (TPSA) is 64.6 Å². The van der Waals surface area contributed by atoms with Gasteiger partial charge in [-0.2, -0.15) is 0 Å². The predicted octanol–water partition coefficient (Wildman–Crippen LogP) is 4.77. The molecular weight excluding hydrogens is 354 g/mol. The average molecular weight is 400 g/mol. The maximum Gasteiger partial charge on any atom is 0.222 e. The van der Waals surface area contributed by atoms with Crippen molar-refractivity contribution in [1.29, 1.82) is 0 Å². The molecule has 0 heterocycles. The standard InChI is InChI=1S/C20H35NO3.C3H8O.H2/c1-15(2)20(23)17-8-10-18(11-9-17)21-19(22)12-13-24-14-16-6-4-3-5-7-16;1-3-4-2;/h15-18H,3-14H2,1-2H3,(H,21,22);3H2,1-2H3;1H. The van der Waals surface area contributed by atoms with E-state index in [1.54, 1.807) is 7.11 Å². The molecule has 2 rings (SSSR count). The number of hydrogen-bond acceptors (Lipinski definition) is 4. The van der Waals surface area contributed by atoms with E-state index in [1.165, 1.54) is 32.1 Å². The van der Waals surface area contributed by atoms with Gasteiger partial charge >= 0.3 is 0 Å². The maximum atomic E-state index is 12.0. The number of amides is 1. The summed E-state index contributed by atoms with van der Waals surface area (Å²) in [5, 5.41) is 3.12. The van der Waals surface area contributed by atoms with Crippen molar-refractivity contribution in [3.8, 4) is 0 Å². The fourth-order valence-electron chi connectivity index (χ4n) is 4.06. The second-order valence-corrected chi connectivity index (χ2v) is 8.58. The minimum Gasteiger partial charge on any atom is -0.385 e. The number of Topliss-reactive ketones (excluding diaryl/α,β-unsaturated/α-hetero) is 1. The number of methoxy groups -OCH3 is 1. The van der Waals surface area contributed by atoms with Crippen molar-refractivity contribution in [1.82, 2.24) is 5.32 Å². The first-order valence-electron chi connectivity index (χ1n) is 11.4. The highest BCUT2D eigenvalue weighted by Gasteiger charge is 2.28. The van der Waals surface area contributed by atoms with Crippen molar-refractivity contribution >= 4 is 11.7 Å². The lowest BCUT2D eigenvalue weighted by atomic mass is 9.80. The summed E-state index contributed by atoms with van der Waals surface area (Å²) < 4.78 is 10.2. The summed E-state index contributed by atoms with van der Waals surface area (Å²) in [4.78, 5) is 24.1. The summed E-state index contributed by atoms with van der Waals surface area (Å²) in [6, 6.07) is 0.243. The second-order valence-electron chi connectivity index (χ2n) is 8.58. The monoisotopic (exact) mass is 399 g/mol. The normalized spacial score (nSPS) is 23.0. The Morgan fingerprint density at radius 3 is 2.18 bits per heavy atom. The molecule has 0 radical (unpaired) electrons. The van der Waals surface area contributed by atoms with Gasteiger partial charge in [-0.3, -0.25) is 9.59 Å². The summed E-state index contributed by atoms with van der Waals surface area (Å²) in [5.41, 5.74) is 0. The molecule has 0 aromatic carbocycles. The third kappa shape index (κ3) is 10.6. The fraction of sp³-hybridized carbons (Fsp3) is 0.913. The Hall–Kier alpha value is -0.940. The van der Waals surface area contributed by atoms with E-state index in [0.29, 0.717) is 24.7 Å². The van der Waals surface area contributed by atoms with Gasteiger partial charge in [0.15, 0.2) is 0 Å². The molecule has 0 atom stereocenters. The number of ether oxygens (including phenoxy) is 2. The molecular formula is C23H45NO4. The number of hydrogen-bond donors (Lipinski definition) is 1. The van der Waals surface area contributed by atoms with Gasteiger partial charge < -0.3 is 14.8 Å². The molecule has 5 heteroatoms. The molecule has 5 nitrogen and oxygen atoms in total. The molecule has 2 aliphatic rings. The zero-order chi connectivity index (χ0) is 20.8. The molecule has 2 fully saturated rings. The Balaban J connectivity index is 0.00000143. The molecule has 0 aromatic rings. The molecule has 0 aliphatic heterocycles. The van der Waals surface area contributed by atoms with Gasteiger partial charge in [0.05, 0.1) is 6.61 Å². The van der Waals surface area contributed by atoms with E-state index in [9.17, 15) is 9.59 Å². The van der Waals surface area contributed by atoms with Crippen LogP contribution in [-0.4, -0.2) is 44.7 Å². The zero-order valence-corrected chi connectivity index (χ0v) is 18.6. The van der Waals surface area contributed by atoms with Crippen LogP contribution >= 0.6 is 0 Å². The highest BCUT2D eigenvalue weighted by atomic mass is 16.5. The van der Waals surface area contributed by atoms with E-state index in [-0.39, 0.29) is 25.2 Å². The summed E-state index contributed by atoms with van der Waals surface area (Å²) in [5.74, 6) is 1.52. The van der Waals surface area contributed by atoms with Crippen molar-refractivity contribution in [2.24, 2.45) is 17.8 Å². The van der Waals surface area contributed by atoms with Crippen molar-refractivity contribution < 1.29 is 20.5 Å². The van der Waals surface area contributed by atoms with E-state index >= 15 is 0 Å². The number of nitrogens with one attached hydrogen (secondary N) is 1. The van der Waals surface area contributed by atoms with Crippen LogP contribution in [0.1, 0.15) is 86.4 Å². The lowest BCUT2D eigenvalue weighted by Gasteiger charge is -2.29. The first-order chi connectivity index (χ1) is 13.5. The minimum absolute atomic E-state index is 0. The molecule has 0 unspecified atom stereocenters. The van der Waals surface area contributed by atoms with E-state index in [4.69, 9.17) is 4.74 Å². The van der Waals surface area contributed by atoms with Gasteiger partial charge in [0.2, 0.25) is 5.91 Å². The van der Waals surface area contributed by atoms with Crippen molar-refractivity contribution in [3.63, 3.8) is 0 Å². The summed E-state index contributed by atoms with van der Waals surface area (Å²) >= 11 is 0. The van der Waals surface area contributed by atoms with Crippen LogP contribution in [0.15, 0.2) is 0 Å². The molecule has 1 amide bonds. The van der Waals surface area contributed by atoms with Crippen molar-refractivity contribution in [3.05, 3.63) is 0 Å². The van der Waals surface area contributed by atoms with Crippen molar-refractivity contribution in [2.45, 2.75) is 91.0 Å². The third-order valence-corrected chi connectivity index (χ3v) is 5.90. The number of ketones is 1. The average Bonchev–Trinajstić information content (AvgIpc) is 2.72. The minimum atomic E-state index is 0. The van der Waals surface area contributed by atoms with E-state index < -0.39 is 0 Å². The van der Waals surface area contributed by atoms with E-state index in [2.05, 4.69) is 10.1 Å². The first kappa shape index (κ1) is 25.1. The van der Waals surface area contributed by atoms with Gasteiger partial charge in [-0.1, -0.05) is 33.1 Å². The fourth-order valence-corrected chi connectivity index (χ4v) is 4.06. The molecule has 1 N–H and O–H groups in total. The van der Waals surface area contributed by atoms with E-state index in [0.717, 1.165) is 38.9 Å². The van der Waals surface area contributed by atoms with Gasteiger partial charge in [-0.25, -0.2) is 0 Å². The Kier molecular flexibility index (Phi) is 13.4. The van der Waals surface area contributed by atoms with Gasteiger partial charge in [0.1, 0.15) is 5.78 Å². The molecule has 0 saturated heterocycles. The Bertz CT molecular complexity index is 429. The Morgan fingerprint density at radius 2 is 1.64 bits per heavy atom. The molecule has 28 heavy (non-hydrogen) atoms. The quantitative estimate of drug-likeness (QED) is 0.567. The zero-order valence-electron chi connectivity index (χ0n) is 18.6. The predicted molar refractivity (Wildman–Crippen MR) is 115 cm³/mol. The van der Waals surface area contributed by atoms with Crippen LogP contribution < -0.4 is 5.32 Å². The molecule has 0 aromatic heterocycles. The lowest BCUT2D eigenvalue weighted by molar-refractivity contribution is -0.127. The van der Waals surface area contributed by atoms with Crippen LogP contribution in [0.5, 0.6) is 0 Å². The number of carbonyl (C=O) groups excluding carboxylic acids is 2. The smallest absolute Gasteiger partial charge is 0.222 e. The summed E-state index contributed by atoms with van der Waals surface area (Å²) in [7, 11) is 1.68. The molecule has 0 bridgehead atoms. The maximum absolute atomic E-state index is 12.0. The van der Waals surface area contributed by atoms with Gasteiger partial charge in [0.25, 0.3) is 0 Å². The Morgan fingerprint density at radius 1 is 1.04 bits per heavy atom. The lowest BCUT2D eigenvalue weighted by Crippen LogP contribution is -2.39. The highest BCUT2D eigenvalue weighted by Crippen LogP contribution is 2.27. The largest absolute Gasteiger partial charge is 0.385 e. The number of carbonyl (C=O) groups is 2. The van der Waals surface area contributed by atoms with E-state index in [1.807, 2.05) is 20.8 Å². The van der Waals surface area contributed by atoms with Gasteiger partial charge in [-0.15, -0.1) is 0 Å². The van der Waals surface area contributed by atoms with Crippen LogP contribution in [0.25, 0.3) is 0 Å². The highest BCUT2D eigenvalue weighted by molar-refractivity contribution is 5.83. The van der Waals surface area contributed by atoms with Crippen molar-refractivity contribution in [2.75, 3.05) is 26.9 Å². The first-order valence-corrected chi connectivity index (χ1v) is 11.4. The summed E-state index contributed by atoms with van der Waals surface area (Å²) in [6.45, 7) is 8.08. The number of rotatable bonds is 9. The second kappa shape index (κ2) is 15.0. The van der Waals surface area contributed by atoms with Crippen LogP contribution in [0.4, 0.5) is 0 Å². The molecule has 166 valence electrons. The Labute approximate surface area is 173 Å². The molecule has 2 aliphatic carbocycles. The third-order valence-electron chi connectivity index (χ3n) is 5.90. The molecule has 0 spiro atoms. The molecule has 2 saturated carbocycles. The van der Waals surface area contributed by atoms with Gasteiger partial charge in [-0.05, 0) is 51.4 Å². The van der Waals surface area contributed by atoms with Crippen LogP contribution in [-0.2, 0) is 19.1 Å². The summed E-state index contributed by atoms with van der Waals surface area (Å²) in [6.07, 6.45) is 10.7. The SMILES string of the molecule is CC(C)C(=O)C1CCC(NC(=O)CCOCC2CCCCC2)CC1.CCOC.[HH]. The van der Waals surface area contributed by atoms with Crippen LogP contribution in [0, 0.1) is 17.8 Å².